The van der Waals surface area contributed by atoms with Gasteiger partial charge in [0.2, 0.25) is 5.95 Å². The summed E-state index contributed by atoms with van der Waals surface area (Å²) in [6.45, 7) is 0.324. The zero-order valence-electron chi connectivity index (χ0n) is 10.1. The summed E-state index contributed by atoms with van der Waals surface area (Å²) in [5.41, 5.74) is 0.739. The van der Waals surface area contributed by atoms with Gasteiger partial charge in [0, 0.05) is 24.5 Å². The Morgan fingerprint density at radius 1 is 1.22 bits per heavy atom. The number of para-hydroxylation sites is 1. The van der Waals surface area contributed by atoms with Crippen molar-refractivity contribution in [3.8, 4) is 5.75 Å². The zero-order valence-corrected chi connectivity index (χ0v) is 10.1. The van der Waals surface area contributed by atoms with Gasteiger partial charge in [-0.3, -0.25) is 0 Å². The van der Waals surface area contributed by atoms with Crippen LogP contribution in [0.5, 0.6) is 5.75 Å². The van der Waals surface area contributed by atoms with Crippen molar-refractivity contribution in [2.45, 2.75) is 6.10 Å². The average molecular weight is 245 g/mol. The van der Waals surface area contributed by atoms with Gasteiger partial charge in [0.25, 0.3) is 0 Å². The van der Waals surface area contributed by atoms with E-state index in [1.807, 2.05) is 24.3 Å². The van der Waals surface area contributed by atoms with Crippen LogP contribution in [-0.2, 0) is 0 Å². The van der Waals surface area contributed by atoms with E-state index in [4.69, 9.17) is 4.74 Å². The highest BCUT2D eigenvalue weighted by molar-refractivity contribution is 5.36. The van der Waals surface area contributed by atoms with Gasteiger partial charge in [-0.1, -0.05) is 18.2 Å². The van der Waals surface area contributed by atoms with E-state index < -0.39 is 6.10 Å². The maximum atomic E-state index is 10.1. The minimum Gasteiger partial charge on any atom is -0.496 e. The molecular weight excluding hydrogens is 230 g/mol. The highest BCUT2D eigenvalue weighted by Gasteiger charge is 2.12. The van der Waals surface area contributed by atoms with Crippen molar-refractivity contribution in [2.24, 2.45) is 0 Å². The lowest BCUT2D eigenvalue weighted by Gasteiger charge is -2.15. The maximum Gasteiger partial charge on any atom is 0.222 e. The molecule has 5 nitrogen and oxygen atoms in total. The normalized spacial score (nSPS) is 11.9. The second-order valence-corrected chi connectivity index (χ2v) is 3.71. The molecule has 0 saturated heterocycles. The fourth-order valence-corrected chi connectivity index (χ4v) is 1.63. The molecule has 1 heterocycles. The molecule has 0 unspecified atom stereocenters. The number of nitrogens with zero attached hydrogens (tertiary/aromatic N) is 2. The Kier molecular flexibility index (Phi) is 4.09. The first kappa shape index (κ1) is 12.3. The second kappa shape index (κ2) is 5.97. The van der Waals surface area contributed by atoms with E-state index in [-0.39, 0.29) is 0 Å². The summed E-state index contributed by atoms with van der Waals surface area (Å²) in [6, 6.07) is 9.11. The Hall–Kier alpha value is -2.14. The van der Waals surface area contributed by atoms with Gasteiger partial charge >= 0.3 is 0 Å². The summed E-state index contributed by atoms with van der Waals surface area (Å²) in [5.74, 6) is 1.16. The predicted octanol–water partition coefficient (Wildman–Crippen LogP) is 1.63. The van der Waals surface area contributed by atoms with Gasteiger partial charge < -0.3 is 15.2 Å². The van der Waals surface area contributed by atoms with E-state index in [1.54, 1.807) is 25.6 Å². The number of hydrogen-bond acceptors (Lipinski definition) is 5. The third-order valence-corrected chi connectivity index (χ3v) is 2.52. The first-order valence-electron chi connectivity index (χ1n) is 5.63. The number of aliphatic hydroxyl groups excluding tert-OH is 1. The van der Waals surface area contributed by atoms with Gasteiger partial charge in [-0.05, 0) is 12.1 Å². The van der Waals surface area contributed by atoms with E-state index in [0.29, 0.717) is 18.2 Å². The lowest BCUT2D eigenvalue weighted by atomic mass is 10.1. The molecule has 1 aromatic carbocycles. The maximum absolute atomic E-state index is 10.1. The highest BCUT2D eigenvalue weighted by Crippen LogP contribution is 2.24. The zero-order chi connectivity index (χ0) is 12.8. The van der Waals surface area contributed by atoms with Crippen LogP contribution in [0.15, 0.2) is 42.7 Å². The Balaban J connectivity index is 2.01. The van der Waals surface area contributed by atoms with Crippen LogP contribution in [0.3, 0.4) is 0 Å². The molecule has 0 radical (unpaired) electrons. The number of hydrogen-bond donors (Lipinski definition) is 2. The van der Waals surface area contributed by atoms with Crippen molar-refractivity contribution in [3.63, 3.8) is 0 Å². The molecule has 0 spiro atoms. The van der Waals surface area contributed by atoms with Gasteiger partial charge in [0.05, 0.1) is 13.2 Å². The quantitative estimate of drug-likeness (QED) is 0.838. The lowest BCUT2D eigenvalue weighted by molar-refractivity contribution is 0.186. The van der Waals surface area contributed by atoms with Crippen LogP contribution < -0.4 is 10.1 Å². The summed E-state index contributed by atoms with van der Waals surface area (Å²) in [4.78, 5) is 8.04. The highest BCUT2D eigenvalue weighted by atomic mass is 16.5. The number of nitrogens with one attached hydrogen (secondary N) is 1. The average Bonchev–Trinajstić information content (AvgIpc) is 2.45. The Morgan fingerprint density at radius 2 is 1.94 bits per heavy atom. The molecule has 1 atom stereocenters. The molecule has 2 N–H and O–H groups in total. The topological polar surface area (TPSA) is 67.3 Å². The minimum absolute atomic E-state index is 0.324. The van der Waals surface area contributed by atoms with Crippen LogP contribution in [0, 0.1) is 0 Å². The van der Waals surface area contributed by atoms with E-state index in [1.165, 1.54) is 0 Å². The molecule has 0 aliphatic heterocycles. The molecular formula is C13H15N3O2. The largest absolute Gasteiger partial charge is 0.496 e. The summed E-state index contributed by atoms with van der Waals surface area (Å²) >= 11 is 0. The summed E-state index contributed by atoms with van der Waals surface area (Å²) in [5, 5.41) is 13.1. The van der Waals surface area contributed by atoms with Crippen molar-refractivity contribution in [2.75, 3.05) is 19.0 Å². The Morgan fingerprint density at radius 3 is 2.67 bits per heavy atom. The predicted molar refractivity (Wildman–Crippen MR) is 68.5 cm³/mol. The van der Waals surface area contributed by atoms with Crippen molar-refractivity contribution < 1.29 is 9.84 Å². The molecule has 18 heavy (non-hydrogen) atoms. The first-order chi connectivity index (χ1) is 8.81. The number of aliphatic hydroxyl groups is 1. The summed E-state index contributed by atoms with van der Waals surface area (Å²) < 4.78 is 5.20. The minimum atomic E-state index is -0.676. The van der Waals surface area contributed by atoms with Crippen molar-refractivity contribution in [1.82, 2.24) is 9.97 Å². The first-order valence-corrected chi connectivity index (χ1v) is 5.63. The van der Waals surface area contributed by atoms with Gasteiger partial charge in [-0.2, -0.15) is 0 Å². The van der Waals surface area contributed by atoms with Gasteiger partial charge in [-0.15, -0.1) is 0 Å². The number of ether oxygens (including phenoxy) is 1. The number of aromatic nitrogens is 2. The van der Waals surface area contributed by atoms with Crippen LogP contribution in [0.4, 0.5) is 5.95 Å². The van der Waals surface area contributed by atoms with E-state index in [9.17, 15) is 5.11 Å². The SMILES string of the molecule is COc1ccccc1[C@@H](O)CNc1ncccn1. The van der Waals surface area contributed by atoms with Crippen LogP contribution in [-0.4, -0.2) is 28.7 Å². The number of anilines is 1. The lowest BCUT2D eigenvalue weighted by Crippen LogP contribution is -2.14. The molecule has 0 bridgehead atoms. The fourth-order valence-electron chi connectivity index (χ4n) is 1.63. The van der Waals surface area contributed by atoms with E-state index >= 15 is 0 Å². The van der Waals surface area contributed by atoms with E-state index in [0.717, 1.165) is 5.56 Å². The second-order valence-electron chi connectivity index (χ2n) is 3.71. The smallest absolute Gasteiger partial charge is 0.222 e. The molecule has 94 valence electrons. The fraction of sp³-hybridized carbons (Fsp3) is 0.231. The van der Waals surface area contributed by atoms with Crippen molar-refractivity contribution in [3.05, 3.63) is 48.3 Å². The Labute approximate surface area is 105 Å². The Bertz CT molecular complexity index is 491. The molecule has 2 rings (SSSR count). The number of methoxy groups -OCH3 is 1. The molecule has 0 aliphatic rings. The third kappa shape index (κ3) is 2.95. The molecule has 0 aliphatic carbocycles. The van der Waals surface area contributed by atoms with Gasteiger partial charge in [0.1, 0.15) is 5.75 Å². The molecule has 1 aromatic heterocycles. The van der Waals surface area contributed by atoms with Crippen LogP contribution in [0.2, 0.25) is 0 Å². The molecule has 0 amide bonds. The summed E-state index contributed by atoms with van der Waals surface area (Å²) in [7, 11) is 1.58. The van der Waals surface area contributed by atoms with Crippen LogP contribution in [0.1, 0.15) is 11.7 Å². The van der Waals surface area contributed by atoms with Gasteiger partial charge in [0.15, 0.2) is 0 Å². The van der Waals surface area contributed by atoms with Crippen molar-refractivity contribution in [1.29, 1.82) is 0 Å². The van der Waals surface area contributed by atoms with Crippen molar-refractivity contribution >= 4 is 5.95 Å². The number of benzene rings is 1. The summed E-state index contributed by atoms with van der Waals surface area (Å²) in [6.07, 6.45) is 2.61. The molecule has 0 saturated carbocycles. The van der Waals surface area contributed by atoms with Gasteiger partial charge in [-0.25, -0.2) is 9.97 Å². The third-order valence-electron chi connectivity index (χ3n) is 2.52. The van der Waals surface area contributed by atoms with E-state index in [2.05, 4.69) is 15.3 Å². The molecule has 2 aromatic rings. The number of rotatable bonds is 5. The van der Waals surface area contributed by atoms with Crippen LogP contribution in [0.25, 0.3) is 0 Å². The monoisotopic (exact) mass is 245 g/mol. The van der Waals surface area contributed by atoms with Crippen LogP contribution >= 0.6 is 0 Å². The molecule has 5 heteroatoms. The molecule has 0 fully saturated rings. The standard InChI is InChI=1S/C13H15N3O2/c1-18-12-6-3-2-5-10(12)11(17)9-16-13-14-7-4-8-15-13/h2-8,11,17H,9H2,1H3,(H,14,15,16)/t11-/m0/s1.